The van der Waals surface area contributed by atoms with Crippen molar-refractivity contribution in [2.75, 3.05) is 20.8 Å². The van der Waals surface area contributed by atoms with Crippen molar-refractivity contribution in [3.8, 4) is 0 Å². The first kappa shape index (κ1) is 17.3. The summed E-state index contributed by atoms with van der Waals surface area (Å²) in [5.41, 5.74) is 5.29. The third-order valence-electron chi connectivity index (χ3n) is 3.73. The van der Waals surface area contributed by atoms with E-state index in [2.05, 4.69) is 4.74 Å². The van der Waals surface area contributed by atoms with E-state index in [9.17, 15) is 20.1 Å². The zero-order valence-corrected chi connectivity index (χ0v) is 11.9. The van der Waals surface area contributed by atoms with E-state index in [-0.39, 0.29) is 13.0 Å². The summed E-state index contributed by atoms with van der Waals surface area (Å²) in [5, 5.41) is 29.7. The molecule has 1 fully saturated rings. The van der Waals surface area contributed by atoms with Gasteiger partial charge in [-0.3, -0.25) is 0 Å². The van der Waals surface area contributed by atoms with E-state index in [1.54, 1.807) is 6.92 Å². The number of esters is 1. The van der Waals surface area contributed by atoms with Gasteiger partial charge in [0, 0.05) is 26.0 Å². The Hall–Kier alpha value is -0.770. The number of aliphatic hydroxyl groups is 3. The zero-order valence-electron chi connectivity index (χ0n) is 11.9. The number of hydrogen-bond donors (Lipinski definition) is 4. The first-order valence-corrected chi connectivity index (χ1v) is 6.38. The van der Waals surface area contributed by atoms with Crippen LogP contribution in [0.15, 0.2) is 0 Å². The number of carbonyl (C=O) groups is 1. The quantitative estimate of drug-likeness (QED) is 0.427. The van der Waals surface area contributed by atoms with Gasteiger partial charge in [0.2, 0.25) is 0 Å². The highest BCUT2D eigenvalue weighted by atomic mass is 16.7. The van der Waals surface area contributed by atoms with Crippen LogP contribution in [0, 0.1) is 5.92 Å². The van der Waals surface area contributed by atoms with Crippen molar-refractivity contribution >= 4 is 5.97 Å². The van der Waals surface area contributed by atoms with Gasteiger partial charge >= 0.3 is 5.97 Å². The normalized spacial score (nSPS) is 37.2. The van der Waals surface area contributed by atoms with Crippen LogP contribution in [0.4, 0.5) is 0 Å². The monoisotopic (exact) mass is 293 g/mol. The molecule has 0 aromatic rings. The first-order valence-electron chi connectivity index (χ1n) is 6.38. The predicted molar refractivity (Wildman–Crippen MR) is 67.5 cm³/mol. The van der Waals surface area contributed by atoms with Crippen molar-refractivity contribution in [1.82, 2.24) is 0 Å². The summed E-state index contributed by atoms with van der Waals surface area (Å²) in [5.74, 6) is -3.13. The Balaban J connectivity index is 3.02. The largest absolute Gasteiger partial charge is 0.465 e. The summed E-state index contributed by atoms with van der Waals surface area (Å²) in [6.45, 7) is 1.46. The van der Waals surface area contributed by atoms with Crippen LogP contribution in [-0.4, -0.2) is 72.3 Å². The Morgan fingerprint density at radius 3 is 2.55 bits per heavy atom. The van der Waals surface area contributed by atoms with Gasteiger partial charge in [-0.05, 0) is 0 Å². The van der Waals surface area contributed by atoms with Crippen LogP contribution in [-0.2, 0) is 19.0 Å². The SMILES string of the molecule is COC(=O)[C@@]1(OC)C[C@@H](O)[C@@H](C)C([C@H](O)[C@H](O)CN)O1. The van der Waals surface area contributed by atoms with E-state index in [4.69, 9.17) is 15.2 Å². The van der Waals surface area contributed by atoms with E-state index in [1.807, 2.05) is 0 Å². The van der Waals surface area contributed by atoms with Gasteiger partial charge in [-0.2, -0.15) is 0 Å². The van der Waals surface area contributed by atoms with Gasteiger partial charge < -0.3 is 35.3 Å². The molecule has 1 aliphatic heterocycles. The molecule has 1 saturated heterocycles. The maximum absolute atomic E-state index is 11.8. The van der Waals surface area contributed by atoms with Crippen LogP contribution in [0.5, 0.6) is 0 Å². The number of ether oxygens (including phenoxy) is 3. The molecule has 1 heterocycles. The summed E-state index contributed by atoms with van der Waals surface area (Å²) in [7, 11) is 2.40. The minimum atomic E-state index is -1.80. The average Bonchev–Trinajstić information content (AvgIpc) is 2.47. The van der Waals surface area contributed by atoms with Crippen molar-refractivity contribution in [2.24, 2.45) is 11.7 Å². The fourth-order valence-electron chi connectivity index (χ4n) is 2.30. The smallest absolute Gasteiger partial charge is 0.366 e. The highest BCUT2D eigenvalue weighted by Crippen LogP contribution is 2.36. The molecule has 20 heavy (non-hydrogen) atoms. The molecule has 8 nitrogen and oxygen atoms in total. The lowest BCUT2D eigenvalue weighted by atomic mass is 9.84. The third-order valence-corrected chi connectivity index (χ3v) is 3.73. The van der Waals surface area contributed by atoms with Crippen LogP contribution in [0.1, 0.15) is 13.3 Å². The maximum atomic E-state index is 11.8. The van der Waals surface area contributed by atoms with Crippen LogP contribution >= 0.6 is 0 Å². The molecule has 0 aliphatic carbocycles. The van der Waals surface area contributed by atoms with Crippen molar-refractivity contribution in [3.05, 3.63) is 0 Å². The van der Waals surface area contributed by atoms with E-state index in [0.29, 0.717) is 0 Å². The molecule has 0 amide bonds. The fraction of sp³-hybridized carbons (Fsp3) is 0.917. The molecule has 1 aliphatic rings. The molecule has 0 radical (unpaired) electrons. The van der Waals surface area contributed by atoms with Gasteiger partial charge in [0.25, 0.3) is 5.79 Å². The highest BCUT2D eigenvalue weighted by molar-refractivity contribution is 5.78. The van der Waals surface area contributed by atoms with Crippen LogP contribution in [0.2, 0.25) is 0 Å². The molecule has 118 valence electrons. The molecular formula is C12H23NO7. The first-order chi connectivity index (χ1) is 9.32. The summed E-state index contributed by atoms with van der Waals surface area (Å²) in [6.07, 6.45) is -4.70. The summed E-state index contributed by atoms with van der Waals surface area (Å²) in [6, 6.07) is 0. The molecule has 0 bridgehead atoms. The van der Waals surface area contributed by atoms with Gasteiger partial charge in [0.1, 0.15) is 6.10 Å². The van der Waals surface area contributed by atoms with Crippen LogP contribution in [0.3, 0.4) is 0 Å². The Morgan fingerprint density at radius 1 is 1.50 bits per heavy atom. The van der Waals surface area contributed by atoms with E-state index in [1.165, 1.54) is 7.11 Å². The molecule has 0 spiro atoms. The lowest BCUT2D eigenvalue weighted by Crippen LogP contribution is -2.61. The van der Waals surface area contributed by atoms with Gasteiger partial charge in [-0.25, -0.2) is 4.79 Å². The number of nitrogens with two attached hydrogens (primary N) is 1. The van der Waals surface area contributed by atoms with Crippen molar-refractivity contribution in [3.63, 3.8) is 0 Å². The van der Waals surface area contributed by atoms with Crippen LogP contribution in [0.25, 0.3) is 0 Å². The van der Waals surface area contributed by atoms with E-state index in [0.717, 1.165) is 7.11 Å². The summed E-state index contributed by atoms with van der Waals surface area (Å²) < 4.78 is 15.2. The molecule has 8 heteroatoms. The number of methoxy groups -OCH3 is 2. The third kappa shape index (κ3) is 3.11. The van der Waals surface area contributed by atoms with Crippen molar-refractivity contribution < 1.29 is 34.3 Å². The number of hydrogen-bond acceptors (Lipinski definition) is 8. The number of carbonyl (C=O) groups excluding carboxylic acids is 1. The lowest BCUT2D eigenvalue weighted by molar-refractivity contribution is -0.310. The molecule has 5 N–H and O–H groups in total. The second-order valence-electron chi connectivity index (χ2n) is 4.96. The Bertz CT molecular complexity index is 340. The minimum Gasteiger partial charge on any atom is -0.465 e. The standard InChI is InChI=1S/C12H23NO7/c1-6-7(14)4-12(19-3,11(17)18-2)20-10(6)9(16)8(15)5-13/h6-10,14-16H,4-5,13H2,1-3H3/t6-,7-,8-,9-,10?,12-/m1/s1. The van der Waals surface area contributed by atoms with Crippen LogP contribution < -0.4 is 5.73 Å². The molecule has 0 saturated carbocycles. The molecule has 0 aromatic carbocycles. The fourth-order valence-corrected chi connectivity index (χ4v) is 2.30. The van der Waals surface area contributed by atoms with E-state index < -0.39 is 42.1 Å². The Labute approximate surface area is 117 Å². The Kier molecular flexibility index (Phi) is 5.87. The maximum Gasteiger partial charge on any atom is 0.366 e. The van der Waals surface area contributed by atoms with Crippen molar-refractivity contribution in [1.29, 1.82) is 0 Å². The van der Waals surface area contributed by atoms with E-state index >= 15 is 0 Å². The van der Waals surface area contributed by atoms with Gasteiger partial charge in [0.15, 0.2) is 0 Å². The lowest BCUT2D eigenvalue weighted by Gasteiger charge is -2.45. The van der Waals surface area contributed by atoms with Gasteiger partial charge in [-0.15, -0.1) is 0 Å². The zero-order chi connectivity index (χ0) is 15.5. The molecular weight excluding hydrogens is 270 g/mol. The predicted octanol–water partition coefficient (Wildman–Crippen LogP) is -2.03. The van der Waals surface area contributed by atoms with Crippen molar-refractivity contribution in [2.45, 2.75) is 43.5 Å². The Morgan fingerprint density at radius 2 is 2.10 bits per heavy atom. The number of aliphatic hydroxyl groups excluding tert-OH is 3. The summed E-state index contributed by atoms with van der Waals surface area (Å²) in [4.78, 5) is 11.8. The van der Waals surface area contributed by atoms with Gasteiger partial charge in [0.05, 0.1) is 25.4 Å². The highest BCUT2D eigenvalue weighted by Gasteiger charge is 2.54. The van der Waals surface area contributed by atoms with Gasteiger partial charge in [-0.1, -0.05) is 6.92 Å². The molecule has 1 unspecified atom stereocenters. The molecule has 0 aromatic heterocycles. The topological polar surface area (TPSA) is 131 Å². The second kappa shape index (κ2) is 6.79. The molecule has 1 rings (SSSR count). The average molecular weight is 293 g/mol. The second-order valence-corrected chi connectivity index (χ2v) is 4.96. The minimum absolute atomic E-state index is 0.126. The molecule has 6 atom stereocenters. The summed E-state index contributed by atoms with van der Waals surface area (Å²) >= 11 is 0. The number of rotatable bonds is 5.